The van der Waals surface area contributed by atoms with Crippen molar-refractivity contribution >= 4 is 11.8 Å². The maximum atomic E-state index is 13.1. The Morgan fingerprint density at radius 3 is 1.90 bits per heavy atom. The van der Waals surface area contributed by atoms with Crippen molar-refractivity contribution in [1.29, 1.82) is 0 Å². The largest absolute Gasteiger partial charge is 0.392 e. The van der Waals surface area contributed by atoms with Crippen molar-refractivity contribution in [2.75, 3.05) is 32.7 Å². The van der Waals surface area contributed by atoms with Gasteiger partial charge in [0.15, 0.2) is 0 Å². The Kier molecular flexibility index (Phi) is 5.28. The van der Waals surface area contributed by atoms with Gasteiger partial charge in [0.05, 0.1) is 24.5 Å². The number of nitrogens with zero attached hydrogens (tertiary/aromatic N) is 3. The van der Waals surface area contributed by atoms with Gasteiger partial charge in [-0.25, -0.2) is 0 Å². The minimum Gasteiger partial charge on any atom is -0.392 e. The van der Waals surface area contributed by atoms with Crippen LogP contribution in [0.3, 0.4) is 0 Å². The van der Waals surface area contributed by atoms with Crippen LogP contribution in [-0.2, 0) is 22.4 Å². The van der Waals surface area contributed by atoms with Crippen molar-refractivity contribution in [3.8, 4) is 0 Å². The summed E-state index contributed by atoms with van der Waals surface area (Å²) in [5, 5.41) is 10.3. The fraction of sp³-hybridized carbons (Fsp3) is 0.440. The second-order valence-corrected chi connectivity index (χ2v) is 9.27. The molecular formula is C25H29N3O3. The Morgan fingerprint density at radius 1 is 0.806 bits per heavy atom. The average molecular weight is 420 g/mol. The lowest BCUT2D eigenvalue weighted by atomic mass is 9.83. The molecule has 162 valence electrons. The number of piperazine rings is 1. The lowest BCUT2D eigenvalue weighted by Crippen LogP contribution is -2.79. The molecule has 6 nitrogen and oxygen atoms in total. The number of carbonyl (C=O) groups excluding carboxylic acids is 2. The second kappa shape index (κ2) is 8.09. The highest BCUT2D eigenvalue weighted by Crippen LogP contribution is 2.39. The van der Waals surface area contributed by atoms with Crippen molar-refractivity contribution in [1.82, 2.24) is 14.7 Å². The highest BCUT2D eigenvalue weighted by molar-refractivity contribution is 5.81. The van der Waals surface area contributed by atoms with E-state index < -0.39 is 0 Å². The Morgan fingerprint density at radius 2 is 1.32 bits per heavy atom. The topological polar surface area (TPSA) is 64.1 Å². The molecule has 2 aromatic rings. The molecule has 3 fully saturated rings. The molecule has 0 bridgehead atoms. The number of fused-ring (bicyclic) bond motifs is 2. The first-order valence-electron chi connectivity index (χ1n) is 11.1. The third kappa shape index (κ3) is 3.98. The van der Waals surface area contributed by atoms with E-state index in [-0.39, 0.29) is 29.5 Å². The number of amides is 2. The van der Waals surface area contributed by atoms with Gasteiger partial charge in [-0.15, -0.1) is 0 Å². The molecule has 0 radical (unpaired) electrons. The van der Waals surface area contributed by atoms with E-state index in [1.165, 1.54) is 0 Å². The first-order chi connectivity index (χ1) is 15.0. The molecule has 3 heterocycles. The number of hydrogen-bond donors (Lipinski definition) is 1. The zero-order valence-electron chi connectivity index (χ0n) is 17.7. The summed E-state index contributed by atoms with van der Waals surface area (Å²) in [6.45, 7) is 3.15. The minimum absolute atomic E-state index is 0.126. The summed E-state index contributed by atoms with van der Waals surface area (Å²) in [5.74, 6) is 0.251. The Bertz CT molecular complexity index is 943. The monoisotopic (exact) mass is 419 g/mol. The molecule has 3 aliphatic rings. The van der Waals surface area contributed by atoms with Crippen LogP contribution in [0.4, 0.5) is 0 Å². The number of carbonyl (C=O) groups is 2. The van der Waals surface area contributed by atoms with Gasteiger partial charge in [0.1, 0.15) is 0 Å². The molecule has 1 spiro atoms. The smallest absolute Gasteiger partial charge is 0.227 e. The van der Waals surface area contributed by atoms with E-state index in [4.69, 9.17) is 0 Å². The van der Waals surface area contributed by atoms with Crippen molar-refractivity contribution in [2.24, 2.45) is 0 Å². The quantitative estimate of drug-likeness (QED) is 0.812. The first kappa shape index (κ1) is 20.2. The molecule has 6 heteroatoms. The van der Waals surface area contributed by atoms with E-state index in [0.29, 0.717) is 52.0 Å². The molecule has 1 N–H and O–H groups in total. The predicted octanol–water partition coefficient (Wildman–Crippen LogP) is 1.33. The van der Waals surface area contributed by atoms with E-state index in [1.807, 2.05) is 70.5 Å². The molecule has 0 saturated carbocycles. The molecule has 2 atom stereocenters. The highest BCUT2D eigenvalue weighted by atomic mass is 16.3. The Labute approximate surface area is 183 Å². The molecule has 2 amide bonds. The van der Waals surface area contributed by atoms with Crippen LogP contribution in [0.2, 0.25) is 0 Å². The lowest BCUT2D eigenvalue weighted by molar-refractivity contribution is -0.161. The van der Waals surface area contributed by atoms with Crippen LogP contribution >= 0.6 is 0 Å². The van der Waals surface area contributed by atoms with Crippen molar-refractivity contribution in [2.45, 2.75) is 36.9 Å². The van der Waals surface area contributed by atoms with Gasteiger partial charge in [-0.05, 0) is 17.5 Å². The van der Waals surface area contributed by atoms with Gasteiger partial charge in [0, 0.05) is 38.8 Å². The Hall–Kier alpha value is -2.70. The number of likely N-dealkylation sites (tertiary alicyclic amines) is 1. The van der Waals surface area contributed by atoms with Gasteiger partial charge in [-0.2, -0.15) is 0 Å². The van der Waals surface area contributed by atoms with Gasteiger partial charge in [-0.3, -0.25) is 14.5 Å². The average Bonchev–Trinajstić information content (AvgIpc) is 3.13. The van der Waals surface area contributed by atoms with Crippen LogP contribution in [0.5, 0.6) is 0 Å². The third-order valence-corrected chi connectivity index (χ3v) is 6.99. The second-order valence-electron chi connectivity index (χ2n) is 9.27. The molecule has 3 saturated heterocycles. The summed E-state index contributed by atoms with van der Waals surface area (Å²) in [7, 11) is 0. The maximum Gasteiger partial charge on any atom is 0.227 e. The van der Waals surface area contributed by atoms with Crippen LogP contribution < -0.4 is 0 Å². The maximum absolute atomic E-state index is 13.1. The summed E-state index contributed by atoms with van der Waals surface area (Å²) in [5.41, 5.74) is 1.80. The van der Waals surface area contributed by atoms with Crippen molar-refractivity contribution in [3.05, 3.63) is 71.8 Å². The van der Waals surface area contributed by atoms with Gasteiger partial charge < -0.3 is 14.9 Å². The van der Waals surface area contributed by atoms with Gasteiger partial charge >= 0.3 is 0 Å². The van der Waals surface area contributed by atoms with E-state index in [0.717, 1.165) is 11.1 Å². The summed E-state index contributed by atoms with van der Waals surface area (Å²) >= 11 is 0. The predicted molar refractivity (Wildman–Crippen MR) is 117 cm³/mol. The first-order valence-corrected chi connectivity index (χ1v) is 11.1. The van der Waals surface area contributed by atoms with Gasteiger partial charge in [0.25, 0.3) is 0 Å². The minimum atomic E-state index is -0.361. The number of aliphatic hydroxyl groups excluding tert-OH is 1. The van der Waals surface area contributed by atoms with Gasteiger partial charge in [0.2, 0.25) is 11.8 Å². The van der Waals surface area contributed by atoms with E-state index in [1.54, 1.807) is 0 Å². The van der Waals surface area contributed by atoms with Crippen LogP contribution in [0.1, 0.15) is 17.5 Å². The number of hydrogen-bond acceptors (Lipinski definition) is 4. The van der Waals surface area contributed by atoms with E-state index in [2.05, 4.69) is 4.90 Å². The molecule has 2 aromatic carbocycles. The molecule has 2 unspecified atom stereocenters. The summed E-state index contributed by atoms with van der Waals surface area (Å²) in [4.78, 5) is 32.1. The molecule has 0 aromatic heterocycles. The normalized spacial score (nSPS) is 24.7. The molecule has 0 aliphatic carbocycles. The summed E-state index contributed by atoms with van der Waals surface area (Å²) in [6.07, 6.45) is 1.12. The third-order valence-electron chi connectivity index (χ3n) is 6.99. The number of benzene rings is 2. The van der Waals surface area contributed by atoms with Crippen LogP contribution in [-0.4, -0.2) is 82.0 Å². The highest BCUT2D eigenvalue weighted by Gasteiger charge is 2.57. The Balaban J connectivity index is 1.28. The van der Waals surface area contributed by atoms with Crippen LogP contribution in [0.15, 0.2) is 60.7 Å². The number of rotatable bonds is 4. The zero-order valence-corrected chi connectivity index (χ0v) is 17.7. The number of β-amino-alcohol motifs (C(OH)–C–C–N with tert-alkyl or cyclic N) is 1. The molecule has 5 rings (SSSR count). The molecule has 31 heavy (non-hydrogen) atoms. The standard InChI is InChI=1S/C25H29N3O3/c29-22-13-21-14-26(23(30)11-19-7-3-1-4-8-19)16-25(28(21)15-22)17-27(18-25)24(31)12-20-9-5-2-6-10-20/h1-10,21-22,29H,11-18H2. The summed E-state index contributed by atoms with van der Waals surface area (Å²) < 4.78 is 0. The summed E-state index contributed by atoms with van der Waals surface area (Å²) in [6, 6.07) is 19.8. The number of aliphatic hydroxyl groups is 1. The fourth-order valence-corrected chi connectivity index (χ4v) is 5.49. The van der Waals surface area contributed by atoms with Crippen molar-refractivity contribution < 1.29 is 14.7 Å². The molecular weight excluding hydrogens is 390 g/mol. The SMILES string of the molecule is O=C(Cc1ccccc1)N1CC2CC(O)CN2C2(C1)CN(C(=O)Cc1ccccc1)C2. The lowest BCUT2D eigenvalue weighted by Gasteiger charge is -2.60. The fourth-order valence-electron chi connectivity index (χ4n) is 5.49. The van der Waals surface area contributed by atoms with E-state index >= 15 is 0 Å². The van der Waals surface area contributed by atoms with Crippen LogP contribution in [0.25, 0.3) is 0 Å². The molecule has 3 aliphatic heterocycles. The van der Waals surface area contributed by atoms with Crippen LogP contribution in [0, 0.1) is 0 Å². The van der Waals surface area contributed by atoms with Crippen molar-refractivity contribution in [3.63, 3.8) is 0 Å². The van der Waals surface area contributed by atoms with Gasteiger partial charge in [-0.1, -0.05) is 60.7 Å². The zero-order chi connectivity index (χ0) is 21.4. The van der Waals surface area contributed by atoms with E-state index in [9.17, 15) is 14.7 Å².